The lowest BCUT2D eigenvalue weighted by Crippen LogP contribution is -2.59. The highest BCUT2D eigenvalue weighted by atomic mass is 16.2. The lowest BCUT2D eigenvalue weighted by atomic mass is 9.85. The van der Waals surface area contributed by atoms with Crippen LogP contribution < -0.4 is 16.4 Å². The van der Waals surface area contributed by atoms with E-state index >= 15 is 0 Å². The average molecular weight is 419 g/mol. The molecule has 7 heteroatoms. The molecule has 3 fully saturated rings. The van der Waals surface area contributed by atoms with Crippen LogP contribution in [0, 0.1) is 28.6 Å². The molecule has 0 spiro atoms. The molecule has 1 aliphatic heterocycles. The first-order valence-corrected chi connectivity index (χ1v) is 11.1. The fourth-order valence-electron chi connectivity index (χ4n) is 5.31. The van der Waals surface area contributed by atoms with Gasteiger partial charge in [-0.3, -0.25) is 14.4 Å². The van der Waals surface area contributed by atoms with Gasteiger partial charge in [0, 0.05) is 6.54 Å². The van der Waals surface area contributed by atoms with E-state index in [0.717, 1.165) is 12.8 Å². The normalized spacial score (nSPS) is 29.0. The Morgan fingerprint density at radius 2 is 1.83 bits per heavy atom. The Hall–Kier alpha value is -1.89. The molecule has 5 atom stereocenters. The number of fused-ring (bicyclic) bond motifs is 1. The summed E-state index contributed by atoms with van der Waals surface area (Å²) in [4.78, 5) is 41.1. The fraction of sp³-hybridized carbons (Fsp3) is 0.783. The van der Waals surface area contributed by atoms with E-state index in [1.807, 2.05) is 20.8 Å². The number of hydrogen-bond donors (Lipinski definition) is 3. The quantitative estimate of drug-likeness (QED) is 0.517. The van der Waals surface area contributed by atoms with E-state index in [-0.39, 0.29) is 46.1 Å². The van der Waals surface area contributed by atoms with Crippen molar-refractivity contribution in [2.45, 2.75) is 72.0 Å². The standard InChI is InChI=1S/C23H38N4O3/c1-12(24)18(28)15(10-13-8-9-13)26-20(29)17-16-14(23(16,5)6)11-27(17)21(30)19(25-7)22(2,3)4/h13-17,19,25H,1,8-11,24H2,2-7H3,(H,26,29)/t14-,15?,16-,17?,19?/m0/s1. The molecule has 2 amide bonds. The van der Waals surface area contributed by atoms with Crippen LogP contribution in [0.5, 0.6) is 0 Å². The second kappa shape index (κ2) is 7.66. The number of hydrogen-bond acceptors (Lipinski definition) is 5. The van der Waals surface area contributed by atoms with E-state index in [1.54, 1.807) is 11.9 Å². The number of nitrogens with one attached hydrogen (secondary N) is 2. The summed E-state index contributed by atoms with van der Waals surface area (Å²) < 4.78 is 0. The van der Waals surface area contributed by atoms with Crippen molar-refractivity contribution >= 4 is 17.6 Å². The predicted molar refractivity (Wildman–Crippen MR) is 116 cm³/mol. The van der Waals surface area contributed by atoms with Gasteiger partial charge in [0.2, 0.25) is 11.8 Å². The maximum Gasteiger partial charge on any atom is 0.243 e. The van der Waals surface area contributed by atoms with Crippen LogP contribution in [0.15, 0.2) is 12.3 Å². The third kappa shape index (κ3) is 4.13. The summed E-state index contributed by atoms with van der Waals surface area (Å²) >= 11 is 0. The van der Waals surface area contributed by atoms with Crippen molar-refractivity contribution in [1.82, 2.24) is 15.5 Å². The van der Waals surface area contributed by atoms with Gasteiger partial charge in [-0.2, -0.15) is 0 Å². The van der Waals surface area contributed by atoms with Gasteiger partial charge >= 0.3 is 0 Å². The largest absolute Gasteiger partial charge is 0.396 e. The SMILES string of the molecule is C=C(N)C(=O)C(CC1CC1)NC(=O)C1[C@@H]2[C@H](CN1C(=O)C(NC)C(C)(C)C)C2(C)C. The Balaban J connectivity index is 1.81. The van der Waals surface area contributed by atoms with Crippen molar-refractivity contribution in [3.63, 3.8) is 0 Å². The Labute approximate surface area is 180 Å². The van der Waals surface area contributed by atoms with Gasteiger partial charge < -0.3 is 21.3 Å². The second-order valence-electron chi connectivity index (χ2n) is 11.1. The number of piperidine rings is 1. The first-order chi connectivity index (χ1) is 13.8. The molecule has 168 valence electrons. The van der Waals surface area contributed by atoms with Crippen molar-refractivity contribution < 1.29 is 14.4 Å². The zero-order chi connectivity index (χ0) is 22.6. The smallest absolute Gasteiger partial charge is 0.243 e. The predicted octanol–water partition coefficient (Wildman–Crippen LogP) is 1.43. The molecule has 0 aromatic carbocycles. The molecule has 7 nitrogen and oxygen atoms in total. The second-order valence-corrected chi connectivity index (χ2v) is 11.1. The summed E-state index contributed by atoms with van der Waals surface area (Å²) in [5.74, 6) is 0.236. The number of amides is 2. The molecule has 2 saturated carbocycles. The molecular weight excluding hydrogens is 380 g/mol. The van der Waals surface area contributed by atoms with Crippen molar-refractivity contribution in [3.05, 3.63) is 12.3 Å². The van der Waals surface area contributed by atoms with E-state index in [1.165, 1.54) is 0 Å². The lowest BCUT2D eigenvalue weighted by molar-refractivity contribution is -0.144. The summed E-state index contributed by atoms with van der Waals surface area (Å²) in [6, 6.07) is -1.61. The van der Waals surface area contributed by atoms with Crippen LogP contribution >= 0.6 is 0 Å². The number of nitrogens with two attached hydrogens (primary N) is 1. The first kappa shape index (κ1) is 22.8. The van der Waals surface area contributed by atoms with Crippen molar-refractivity contribution in [2.24, 2.45) is 34.3 Å². The third-order valence-corrected chi connectivity index (χ3v) is 7.38. The summed E-state index contributed by atoms with van der Waals surface area (Å²) in [7, 11) is 1.78. The van der Waals surface area contributed by atoms with Gasteiger partial charge in [0.15, 0.2) is 5.78 Å². The number of ketones is 1. The number of carbonyl (C=O) groups excluding carboxylic acids is 3. The molecular formula is C23H38N4O3. The molecule has 2 aliphatic carbocycles. The molecule has 3 rings (SSSR count). The van der Waals surface area contributed by atoms with Crippen molar-refractivity contribution in [2.75, 3.05) is 13.6 Å². The Kier molecular flexibility index (Phi) is 5.82. The van der Waals surface area contributed by atoms with Gasteiger partial charge in [0.25, 0.3) is 0 Å². The van der Waals surface area contributed by atoms with Crippen molar-refractivity contribution in [1.29, 1.82) is 0 Å². The minimum absolute atomic E-state index is 0.0170. The van der Waals surface area contributed by atoms with E-state index in [0.29, 0.717) is 24.8 Å². The highest BCUT2D eigenvalue weighted by Crippen LogP contribution is 2.65. The van der Waals surface area contributed by atoms with Crippen LogP contribution in [0.4, 0.5) is 0 Å². The minimum Gasteiger partial charge on any atom is -0.396 e. The maximum absolute atomic E-state index is 13.4. The number of likely N-dealkylation sites (tertiary alicyclic amines) is 1. The van der Waals surface area contributed by atoms with Gasteiger partial charge in [0.1, 0.15) is 6.04 Å². The van der Waals surface area contributed by atoms with Crippen LogP contribution in [-0.4, -0.2) is 54.2 Å². The van der Waals surface area contributed by atoms with Crippen LogP contribution in [0.1, 0.15) is 53.9 Å². The molecule has 0 bridgehead atoms. The number of carbonyl (C=O) groups is 3. The van der Waals surface area contributed by atoms with Gasteiger partial charge in [-0.1, -0.05) is 54.0 Å². The highest BCUT2D eigenvalue weighted by molar-refractivity contribution is 6.01. The molecule has 0 aromatic heterocycles. The molecule has 0 aromatic rings. The first-order valence-electron chi connectivity index (χ1n) is 11.1. The summed E-state index contributed by atoms with van der Waals surface area (Å²) in [5.41, 5.74) is 5.36. The fourth-order valence-corrected chi connectivity index (χ4v) is 5.31. The topological polar surface area (TPSA) is 105 Å². The summed E-state index contributed by atoms with van der Waals surface area (Å²) in [6.07, 6.45) is 2.72. The van der Waals surface area contributed by atoms with Crippen molar-refractivity contribution in [3.8, 4) is 0 Å². The monoisotopic (exact) mass is 418 g/mol. The third-order valence-electron chi connectivity index (χ3n) is 7.38. The molecule has 3 unspecified atom stereocenters. The van der Waals surface area contributed by atoms with Crippen LogP contribution in [-0.2, 0) is 14.4 Å². The summed E-state index contributed by atoms with van der Waals surface area (Å²) in [6.45, 7) is 14.5. The van der Waals surface area contributed by atoms with E-state index in [9.17, 15) is 14.4 Å². The Morgan fingerprint density at radius 1 is 1.23 bits per heavy atom. The van der Waals surface area contributed by atoms with Gasteiger partial charge in [0.05, 0.1) is 17.8 Å². The number of nitrogens with zero attached hydrogens (tertiary/aromatic N) is 1. The average Bonchev–Trinajstić information content (AvgIpc) is 3.46. The van der Waals surface area contributed by atoms with Gasteiger partial charge in [-0.25, -0.2) is 0 Å². The molecule has 4 N–H and O–H groups in total. The Morgan fingerprint density at radius 3 is 2.30 bits per heavy atom. The van der Waals surface area contributed by atoms with E-state index < -0.39 is 12.1 Å². The molecule has 3 aliphatic rings. The van der Waals surface area contributed by atoms with E-state index in [2.05, 4.69) is 31.1 Å². The van der Waals surface area contributed by atoms with Crippen LogP contribution in [0.3, 0.4) is 0 Å². The van der Waals surface area contributed by atoms with Crippen LogP contribution in [0.2, 0.25) is 0 Å². The molecule has 1 saturated heterocycles. The van der Waals surface area contributed by atoms with E-state index in [4.69, 9.17) is 5.73 Å². The number of likely N-dealkylation sites (N-methyl/N-ethyl adjacent to an activating group) is 1. The summed E-state index contributed by atoms with van der Waals surface area (Å²) in [5, 5.41) is 6.07. The number of Topliss-reactive ketones (excluding diaryl/α,β-unsaturated/α-hetero) is 1. The Bertz CT molecular complexity index is 750. The lowest BCUT2D eigenvalue weighted by Gasteiger charge is -2.37. The molecule has 1 heterocycles. The highest BCUT2D eigenvalue weighted by Gasteiger charge is 2.69. The number of rotatable bonds is 8. The molecule has 30 heavy (non-hydrogen) atoms. The van der Waals surface area contributed by atoms with Crippen LogP contribution in [0.25, 0.3) is 0 Å². The van der Waals surface area contributed by atoms with Gasteiger partial charge in [-0.05, 0) is 42.1 Å². The molecule has 0 radical (unpaired) electrons. The minimum atomic E-state index is -0.664. The van der Waals surface area contributed by atoms with Gasteiger partial charge in [-0.15, -0.1) is 0 Å². The maximum atomic E-state index is 13.4. The zero-order valence-electron chi connectivity index (χ0n) is 19.2. The zero-order valence-corrected chi connectivity index (χ0v) is 19.2.